The van der Waals surface area contributed by atoms with Gasteiger partial charge in [0.1, 0.15) is 18.3 Å². The van der Waals surface area contributed by atoms with Crippen LogP contribution in [0.4, 0.5) is 0 Å². The minimum Gasteiger partial charge on any atom is -0.458 e. The fourth-order valence-corrected chi connectivity index (χ4v) is 6.88. The van der Waals surface area contributed by atoms with Crippen LogP contribution in [0.25, 0.3) is 0 Å². The summed E-state index contributed by atoms with van der Waals surface area (Å²) in [4.78, 5) is 12.1. The zero-order chi connectivity index (χ0) is 18.1. The van der Waals surface area contributed by atoms with Gasteiger partial charge in [-0.1, -0.05) is 20.8 Å². The van der Waals surface area contributed by atoms with Crippen molar-refractivity contribution in [3.8, 4) is 0 Å². The SMILES string of the molecule is CC(C)C[C@H]1O[C@@H](O)[C@]23O[C@H]2C[C@H]2C4=C(CC[C@]2(C)[C@@]32O[C@@H]12)C(=O)OC4. The normalized spacial score (nSPS) is 56.2. The Morgan fingerprint density at radius 2 is 2.12 bits per heavy atom. The topological polar surface area (TPSA) is 80.8 Å². The molecule has 0 unspecified atom stereocenters. The summed E-state index contributed by atoms with van der Waals surface area (Å²) >= 11 is 0. The lowest BCUT2D eigenvalue weighted by Crippen LogP contribution is -2.67. The van der Waals surface area contributed by atoms with Crippen molar-refractivity contribution in [2.75, 3.05) is 6.61 Å². The maximum atomic E-state index is 12.1. The average Bonchev–Trinajstić information content (AvgIpc) is 3.45. The maximum Gasteiger partial charge on any atom is 0.334 e. The molecule has 2 aliphatic carbocycles. The third-order valence-electron chi connectivity index (χ3n) is 8.08. The Hall–Kier alpha value is -0.950. The smallest absolute Gasteiger partial charge is 0.334 e. The summed E-state index contributed by atoms with van der Waals surface area (Å²) in [6.07, 6.45) is 2.11. The van der Waals surface area contributed by atoms with Crippen LogP contribution >= 0.6 is 0 Å². The number of ether oxygens (including phenoxy) is 4. The van der Waals surface area contributed by atoms with Crippen molar-refractivity contribution in [2.45, 2.75) is 82.3 Å². The summed E-state index contributed by atoms with van der Waals surface area (Å²) < 4.78 is 24.0. The van der Waals surface area contributed by atoms with Crippen LogP contribution in [0.15, 0.2) is 11.1 Å². The van der Waals surface area contributed by atoms with Crippen LogP contribution in [0, 0.1) is 17.3 Å². The van der Waals surface area contributed by atoms with E-state index < -0.39 is 17.5 Å². The number of hydrogen-bond acceptors (Lipinski definition) is 6. The van der Waals surface area contributed by atoms with Crippen molar-refractivity contribution < 1.29 is 28.8 Å². The number of carbonyl (C=O) groups excluding carboxylic acids is 1. The molecule has 0 bridgehead atoms. The summed E-state index contributed by atoms with van der Waals surface area (Å²) in [5.74, 6) is 0.534. The Kier molecular flexibility index (Phi) is 2.80. The summed E-state index contributed by atoms with van der Waals surface area (Å²) in [7, 11) is 0. The fraction of sp³-hybridized carbons (Fsp3) is 0.850. The van der Waals surface area contributed by atoms with Crippen molar-refractivity contribution in [3.63, 3.8) is 0 Å². The summed E-state index contributed by atoms with van der Waals surface area (Å²) in [5, 5.41) is 10.9. The molecule has 0 amide bonds. The molecule has 4 fully saturated rings. The Bertz CT molecular complexity index is 745. The van der Waals surface area contributed by atoms with E-state index >= 15 is 0 Å². The predicted octanol–water partition coefficient (Wildman–Crippen LogP) is 1.70. The minimum absolute atomic E-state index is 0.0359. The molecule has 6 nitrogen and oxygen atoms in total. The van der Waals surface area contributed by atoms with Gasteiger partial charge in [-0.05, 0) is 43.1 Å². The van der Waals surface area contributed by atoms with E-state index in [1.54, 1.807) is 0 Å². The molecule has 3 saturated heterocycles. The van der Waals surface area contributed by atoms with Crippen LogP contribution in [-0.2, 0) is 23.7 Å². The average molecular weight is 362 g/mol. The van der Waals surface area contributed by atoms with Crippen LogP contribution in [0.1, 0.15) is 46.5 Å². The van der Waals surface area contributed by atoms with E-state index in [2.05, 4.69) is 20.8 Å². The van der Waals surface area contributed by atoms with Gasteiger partial charge in [0.15, 0.2) is 11.9 Å². The number of hydrogen-bond donors (Lipinski definition) is 1. The number of esters is 1. The second-order valence-electron chi connectivity index (χ2n) is 9.62. The highest BCUT2D eigenvalue weighted by Gasteiger charge is 2.94. The molecule has 4 aliphatic heterocycles. The van der Waals surface area contributed by atoms with Crippen LogP contribution in [-0.4, -0.2) is 53.5 Å². The van der Waals surface area contributed by atoms with Gasteiger partial charge in [-0.2, -0.15) is 0 Å². The molecular weight excluding hydrogens is 336 g/mol. The first-order valence-electron chi connectivity index (χ1n) is 9.93. The van der Waals surface area contributed by atoms with Crippen molar-refractivity contribution in [3.05, 3.63) is 11.1 Å². The number of fused-ring (bicyclic) bond motifs is 2. The predicted molar refractivity (Wildman–Crippen MR) is 89.0 cm³/mol. The van der Waals surface area contributed by atoms with E-state index in [1.165, 1.54) is 0 Å². The molecule has 1 N–H and O–H groups in total. The first-order chi connectivity index (χ1) is 12.3. The number of cyclic esters (lactones) is 1. The summed E-state index contributed by atoms with van der Waals surface area (Å²) in [6, 6.07) is 0. The molecule has 2 spiro atoms. The molecule has 0 aromatic carbocycles. The Morgan fingerprint density at radius 1 is 1.31 bits per heavy atom. The highest BCUT2D eigenvalue weighted by Crippen LogP contribution is 2.78. The minimum atomic E-state index is -0.940. The number of epoxide rings is 2. The first kappa shape index (κ1) is 16.0. The maximum absolute atomic E-state index is 12.1. The summed E-state index contributed by atoms with van der Waals surface area (Å²) in [6.45, 7) is 7.00. The van der Waals surface area contributed by atoms with Gasteiger partial charge in [-0.3, -0.25) is 0 Å². The van der Waals surface area contributed by atoms with Crippen molar-refractivity contribution in [1.29, 1.82) is 0 Å². The molecule has 0 radical (unpaired) electrons. The third-order valence-corrected chi connectivity index (χ3v) is 8.08. The zero-order valence-corrected chi connectivity index (χ0v) is 15.5. The number of aliphatic hydroxyl groups is 1. The summed E-state index contributed by atoms with van der Waals surface area (Å²) in [5.41, 5.74) is 0.628. The molecule has 6 aliphatic rings. The molecule has 6 rings (SSSR count). The van der Waals surface area contributed by atoms with Gasteiger partial charge in [0.25, 0.3) is 0 Å². The molecule has 6 heteroatoms. The molecule has 26 heavy (non-hydrogen) atoms. The lowest BCUT2D eigenvalue weighted by atomic mass is 9.49. The van der Waals surface area contributed by atoms with Crippen molar-refractivity contribution in [1.82, 2.24) is 0 Å². The van der Waals surface area contributed by atoms with Crippen LogP contribution in [0.2, 0.25) is 0 Å². The largest absolute Gasteiger partial charge is 0.458 e. The van der Waals surface area contributed by atoms with E-state index in [0.29, 0.717) is 12.5 Å². The first-order valence-corrected chi connectivity index (χ1v) is 9.93. The van der Waals surface area contributed by atoms with Gasteiger partial charge in [-0.25, -0.2) is 4.79 Å². The molecule has 0 aromatic heterocycles. The van der Waals surface area contributed by atoms with Crippen LogP contribution in [0.3, 0.4) is 0 Å². The Balaban J connectivity index is 1.45. The standard InChI is InChI=1S/C20H26O6/c1-9(2)6-13-15-20(26-15)18(3)5-4-10-11(8-23-16(10)21)12(18)7-14-19(20,25-14)17(22)24-13/h9,12-15,17,22H,4-8H2,1-3H3/t12-,13+,14-,15-,17+,18-,19+,20+/m0/s1. The van der Waals surface area contributed by atoms with Crippen molar-refractivity contribution >= 4 is 5.97 Å². The van der Waals surface area contributed by atoms with Gasteiger partial charge in [-0.15, -0.1) is 0 Å². The zero-order valence-electron chi connectivity index (χ0n) is 15.5. The van der Waals surface area contributed by atoms with E-state index in [1.807, 2.05) is 0 Å². The lowest BCUT2D eigenvalue weighted by Gasteiger charge is -2.53. The Morgan fingerprint density at radius 3 is 2.88 bits per heavy atom. The molecule has 1 saturated carbocycles. The molecule has 4 heterocycles. The van der Waals surface area contributed by atoms with E-state index in [9.17, 15) is 9.90 Å². The van der Waals surface area contributed by atoms with E-state index in [4.69, 9.17) is 18.9 Å². The second kappa shape index (κ2) is 4.54. The van der Waals surface area contributed by atoms with Gasteiger partial charge in [0.2, 0.25) is 0 Å². The highest BCUT2D eigenvalue weighted by molar-refractivity contribution is 5.92. The molecule has 8 atom stereocenters. The Labute approximate surface area is 152 Å². The van der Waals surface area contributed by atoms with E-state index in [-0.39, 0.29) is 35.6 Å². The number of aliphatic hydroxyl groups excluding tert-OH is 1. The lowest BCUT2D eigenvalue weighted by molar-refractivity contribution is -0.222. The fourth-order valence-electron chi connectivity index (χ4n) is 6.88. The molecule has 0 aromatic rings. The van der Waals surface area contributed by atoms with Gasteiger partial charge in [0.05, 0.1) is 12.2 Å². The quantitative estimate of drug-likeness (QED) is 0.595. The highest BCUT2D eigenvalue weighted by atomic mass is 16.8. The number of carbonyl (C=O) groups is 1. The van der Waals surface area contributed by atoms with Crippen molar-refractivity contribution in [2.24, 2.45) is 17.3 Å². The van der Waals surface area contributed by atoms with Crippen LogP contribution < -0.4 is 0 Å². The van der Waals surface area contributed by atoms with Gasteiger partial charge in [0, 0.05) is 11.0 Å². The van der Waals surface area contributed by atoms with E-state index in [0.717, 1.165) is 36.8 Å². The second-order valence-corrected chi connectivity index (χ2v) is 9.62. The monoisotopic (exact) mass is 362 g/mol. The molecular formula is C20H26O6. The van der Waals surface area contributed by atoms with Gasteiger partial charge < -0.3 is 24.1 Å². The van der Waals surface area contributed by atoms with Crippen LogP contribution in [0.5, 0.6) is 0 Å². The molecule has 142 valence electrons. The third kappa shape index (κ3) is 1.51. The van der Waals surface area contributed by atoms with Gasteiger partial charge >= 0.3 is 5.97 Å². The number of rotatable bonds is 2.